The number of methoxy groups -OCH3 is 3. The van der Waals surface area contributed by atoms with Crippen LogP contribution in [0.25, 0.3) is 22.0 Å². The Morgan fingerprint density at radius 1 is 0.896 bits per heavy atom. The highest BCUT2D eigenvalue weighted by molar-refractivity contribution is 5.88. The molecule has 0 saturated carbocycles. The van der Waals surface area contributed by atoms with Crippen LogP contribution in [-0.4, -0.2) is 44.2 Å². The highest BCUT2D eigenvalue weighted by Crippen LogP contribution is 2.50. The lowest BCUT2D eigenvalue weighted by Gasteiger charge is -2.28. The van der Waals surface area contributed by atoms with Crippen LogP contribution in [-0.2, 0) is 22.4 Å². The summed E-state index contributed by atoms with van der Waals surface area (Å²) in [6.07, 6.45) is 3.92. The van der Waals surface area contributed by atoms with Gasteiger partial charge in [-0.3, -0.25) is 14.4 Å². The highest BCUT2D eigenvalue weighted by atomic mass is 16.5. The summed E-state index contributed by atoms with van der Waals surface area (Å²) in [7, 11) is 4.70. The molecule has 48 heavy (non-hydrogen) atoms. The number of rotatable bonds is 9. The van der Waals surface area contributed by atoms with E-state index >= 15 is 0 Å². The number of aromatic amines is 1. The molecule has 4 aromatic rings. The normalized spacial score (nSPS) is 17.3. The van der Waals surface area contributed by atoms with Crippen LogP contribution in [0.5, 0.6) is 17.2 Å². The minimum atomic E-state index is -0.674. The Hall–Kier alpha value is -4.99. The lowest BCUT2D eigenvalue weighted by Crippen LogP contribution is -2.45. The fraction of sp³-hybridized carbons (Fsp3) is 0.395. The number of ether oxygens (including phenoxy) is 3. The van der Waals surface area contributed by atoms with Gasteiger partial charge in [0.2, 0.25) is 23.0 Å². The predicted molar refractivity (Wildman–Crippen MR) is 187 cm³/mol. The van der Waals surface area contributed by atoms with Gasteiger partial charge in [-0.25, -0.2) is 0 Å². The Bertz CT molecular complexity index is 1930. The molecule has 2 aliphatic carbocycles. The molecule has 10 heteroatoms. The van der Waals surface area contributed by atoms with Gasteiger partial charge in [-0.05, 0) is 84.5 Å². The lowest BCUT2D eigenvalue weighted by atomic mass is 9.91. The smallest absolute Gasteiger partial charge is 0.243 e. The van der Waals surface area contributed by atoms with E-state index in [4.69, 9.17) is 14.2 Å². The van der Waals surface area contributed by atoms with Crippen molar-refractivity contribution in [3.05, 3.63) is 81.1 Å². The molecule has 2 amide bonds. The van der Waals surface area contributed by atoms with Crippen LogP contribution >= 0.6 is 0 Å². The lowest BCUT2D eigenvalue weighted by molar-refractivity contribution is -0.123. The molecular weight excluding hydrogens is 608 g/mol. The van der Waals surface area contributed by atoms with Gasteiger partial charge in [-0.1, -0.05) is 38.1 Å². The van der Waals surface area contributed by atoms with Crippen LogP contribution in [0.2, 0.25) is 0 Å². The SMILES string of the molecule is COc1cc2c(c(OC)c1OC)-c1ccc(N[C@H](C(=O)N[C@@H]3CCCc4c3[nH]c3ccccc43)C(C)C)c(=O)cc1[C@@H](NC(C)=O)CC2. The average molecular weight is 653 g/mol. The minimum absolute atomic E-state index is 0.122. The Balaban J connectivity index is 1.38. The molecule has 0 bridgehead atoms. The number of hydrogen-bond acceptors (Lipinski definition) is 7. The molecular formula is C38H44N4O6. The zero-order valence-electron chi connectivity index (χ0n) is 28.4. The number of carbonyl (C=O) groups is 2. The third-order valence-corrected chi connectivity index (χ3v) is 9.61. The van der Waals surface area contributed by atoms with Crippen molar-refractivity contribution in [3.8, 4) is 28.4 Å². The molecule has 10 nitrogen and oxygen atoms in total. The zero-order chi connectivity index (χ0) is 34.1. The fourth-order valence-corrected chi connectivity index (χ4v) is 7.35. The first-order chi connectivity index (χ1) is 23.1. The number of hydrogen-bond donors (Lipinski definition) is 4. The van der Waals surface area contributed by atoms with E-state index in [0.717, 1.165) is 47.2 Å². The van der Waals surface area contributed by atoms with Gasteiger partial charge in [0.25, 0.3) is 0 Å². The van der Waals surface area contributed by atoms with Gasteiger partial charge < -0.3 is 35.1 Å². The van der Waals surface area contributed by atoms with Gasteiger partial charge >= 0.3 is 0 Å². The number of benzene rings is 2. The quantitative estimate of drug-likeness (QED) is 0.175. The van der Waals surface area contributed by atoms with Crippen molar-refractivity contribution in [1.29, 1.82) is 0 Å². The van der Waals surface area contributed by atoms with E-state index in [-0.39, 0.29) is 34.9 Å². The Kier molecular flexibility index (Phi) is 9.35. The van der Waals surface area contributed by atoms with E-state index in [1.165, 1.54) is 17.9 Å². The summed E-state index contributed by atoms with van der Waals surface area (Å²) in [4.78, 5) is 43.8. The summed E-state index contributed by atoms with van der Waals surface area (Å²) in [5.74, 6) is 0.953. The van der Waals surface area contributed by atoms with Crippen LogP contribution in [0.4, 0.5) is 5.69 Å². The second-order valence-electron chi connectivity index (χ2n) is 13.0. The van der Waals surface area contributed by atoms with Crippen LogP contribution in [0.3, 0.4) is 0 Å². The van der Waals surface area contributed by atoms with Gasteiger partial charge in [-0.15, -0.1) is 0 Å². The van der Waals surface area contributed by atoms with Gasteiger partial charge in [0, 0.05) is 29.1 Å². The standard InChI is InChI=1S/C38H44N4O6/c1-20(2)34(38(45)42-30-13-9-11-25-23-10-7-8-12-27(23)40-35(25)30)41-29-17-15-24-26(19-31(29)44)28(39-21(3)43)16-14-22-18-32(46-4)36(47-5)37(48-6)33(22)24/h7-8,10,12,15,17-20,28,30,34,40H,9,11,13-14,16H2,1-6H3,(H,39,43)(H,41,44)(H,42,45)/t28-,30+,34-/m0/s1. The summed E-state index contributed by atoms with van der Waals surface area (Å²) in [5.41, 5.74) is 6.48. The molecule has 0 aliphatic heterocycles. The summed E-state index contributed by atoms with van der Waals surface area (Å²) in [6.45, 7) is 5.39. The van der Waals surface area contributed by atoms with Crippen molar-refractivity contribution < 1.29 is 23.8 Å². The van der Waals surface area contributed by atoms with Crippen molar-refractivity contribution in [2.75, 3.05) is 26.6 Å². The molecule has 4 N–H and O–H groups in total. The number of fused-ring (bicyclic) bond motifs is 6. The molecule has 3 aromatic carbocycles. The molecule has 6 rings (SSSR count). The first-order valence-corrected chi connectivity index (χ1v) is 16.6. The van der Waals surface area contributed by atoms with Crippen LogP contribution < -0.4 is 35.6 Å². The Morgan fingerprint density at radius 2 is 1.67 bits per heavy atom. The van der Waals surface area contributed by atoms with E-state index in [1.807, 2.05) is 38.1 Å². The van der Waals surface area contributed by atoms with E-state index in [2.05, 4.69) is 33.1 Å². The monoisotopic (exact) mass is 652 g/mol. The number of aromatic nitrogens is 1. The van der Waals surface area contributed by atoms with E-state index in [1.54, 1.807) is 33.5 Å². The largest absolute Gasteiger partial charge is 0.493 e. The average Bonchev–Trinajstić information content (AvgIpc) is 3.30. The van der Waals surface area contributed by atoms with Crippen LogP contribution in [0, 0.1) is 5.92 Å². The number of aryl methyl sites for hydroxylation is 2. The summed E-state index contributed by atoms with van der Waals surface area (Å²) in [6, 6.07) is 14.0. The summed E-state index contributed by atoms with van der Waals surface area (Å²) >= 11 is 0. The molecule has 0 radical (unpaired) electrons. The number of H-pyrrole nitrogens is 1. The Labute approximate surface area is 280 Å². The molecule has 2 aliphatic rings. The summed E-state index contributed by atoms with van der Waals surface area (Å²) in [5, 5.41) is 10.8. The minimum Gasteiger partial charge on any atom is -0.493 e. The first-order valence-electron chi connectivity index (χ1n) is 16.6. The third kappa shape index (κ3) is 6.07. The van der Waals surface area contributed by atoms with E-state index in [9.17, 15) is 14.4 Å². The first kappa shape index (κ1) is 32.9. The maximum Gasteiger partial charge on any atom is 0.243 e. The molecule has 0 saturated heterocycles. The van der Waals surface area contributed by atoms with Crippen LogP contribution in [0.1, 0.15) is 74.5 Å². The topological polar surface area (TPSA) is 131 Å². The molecule has 1 heterocycles. The predicted octanol–water partition coefficient (Wildman–Crippen LogP) is 5.97. The number of carbonyl (C=O) groups excluding carboxylic acids is 2. The second-order valence-corrected chi connectivity index (χ2v) is 13.0. The number of para-hydroxylation sites is 1. The van der Waals surface area contributed by atoms with Crippen LogP contribution in [0.15, 0.2) is 53.3 Å². The summed E-state index contributed by atoms with van der Waals surface area (Å²) < 4.78 is 17.2. The zero-order valence-corrected chi connectivity index (χ0v) is 28.4. The van der Waals surface area contributed by atoms with E-state index < -0.39 is 12.1 Å². The van der Waals surface area contributed by atoms with Crippen molar-refractivity contribution in [3.63, 3.8) is 0 Å². The van der Waals surface area contributed by atoms with Crippen molar-refractivity contribution >= 4 is 28.4 Å². The highest BCUT2D eigenvalue weighted by Gasteiger charge is 2.32. The molecule has 1 aromatic heterocycles. The molecule has 0 spiro atoms. The molecule has 3 atom stereocenters. The van der Waals surface area contributed by atoms with Crippen molar-refractivity contribution in [1.82, 2.24) is 15.6 Å². The third-order valence-electron chi connectivity index (χ3n) is 9.61. The van der Waals surface area contributed by atoms with Gasteiger partial charge in [-0.2, -0.15) is 0 Å². The van der Waals surface area contributed by atoms with Crippen molar-refractivity contribution in [2.45, 2.75) is 71.0 Å². The van der Waals surface area contributed by atoms with Crippen molar-refractivity contribution in [2.24, 2.45) is 5.92 Å². The van der Waals surface area contributed by atoms with Gasteiger partial charge in [0.05, 0.1) is 39.1 Å². The maximum absolute atomic E-state index is 14.0. The molecule has 252 valence electrons. The fourth-order valence-electron chi connectivity index (χ4n) is 7.35. The van der Waals surface area contributed by atoms with E-state index in [0.29, 0.717) is 35.7 Å². The molecule has 0 fully saturated rings. The molecule has 0 unspecified atom stereocenters. The van der Waals surface area contributed by atoms with Gasteiger partial charge in [0.1, 0.15) is 6.04 Å². The number of nitrogens with one attached hydrogen (secondary N) is 4. The maximum atomic E-state index is 14.0. The number of anilines is 1. The van der Waals surface area contributed by atoms with Gasteiger partial charge in [0.15, 0.2) is 11.5 Å². The Morgan fingerprint density at radius 3 is 2.38 bits per heavy atom. The second kappa shape index (κ2) is 13.6. The number of amides is 2.